The van der Waals surface area contributed by atoms with Crippen LogP contribution in [0.15, 0.2) is 10.5 Å². The van der Waals surface area contributed by atoms with Crippen LogP contribution in [-0.2, 0) is 0 Å². The average Bonchev–Trinajstić information content (AvgIpc) is 2.87. The summed E-state index contributed by atoms with van der Waals surface area (Å²) in [5.41, 5.74) is 2.59. The van der Waals surface area contributed by atoms with E-state index in [-0.39, 0.29) is 0 Å². The van der Waals surface area contributed by atoms with Crippen LogP contribution in [0.4, 0.5) is 0 Å². The zero-order valence-electron chi connectivity index (χ0n) is 9.88. The van der Waals surface area contributed by atoms with Crippen molar-refractivity contribution in [1.82, 2.24) is 5.32 Å². The second kappa shape index (κ2) is 4.50. The van der Waals surface area contributed by atoms with Gasteiger partial charge in [-0.1, -0.05) is 0 Å². The molecule has 17 heavy (non-hydrogen) atoms. The summed E-state index contributed by atoms with van der Waals surface area (Å²) in [6.45, 7) is 4.51. The van der Waals surface area contributed by atoms with Gasteiger partial charge in [-0.25, -0.2) is 0 Å². The normalized spacial score (nSPS) is 22.8. The van der Waals surface area contributed by atoms with Gasteiger partial charge in [0.25, 0.3) is 0 Å². The topological polar surface area (TPSA) is 30.5 Å². The number of fused-ring (bicyclic) bond motifs is 1. The first-order valence-electron chi connectivity index (χ1n) is 6.09. The highest BCUT2D eigenvalue weighted by molar-refractivity contribution is 9.10. The van der Waals surface area contributed by atoms with Gasteiger partial charge in [0, 0.05) is 6.04 Å². The third-order valence-corrected chi connectivity index (χ3v) is 4.45. The molecule has 1 atom stereocenters. The van der Waals surface area contributed by atoms with Gasteiger partial charge in [-0.05, 0) is 59.4 Å². The van der Waals surface area contributed by atoms with E-state index in [0.29, 0.717) is 19.3 Å². The Morgan fingerprint density at radius 3 is 2.94 bits per heavy atom. The van der Waals surface area contributed by atoms with Crippen LogP contribution in [0.5, 0.6) is 11.5 Å². The maximum absolute atomic E-state index is 5.68. The lowest BCUT2D eigenvalue weighted by Crippen LogP contribution is -2.19. The first kappa shape index (κ1) is 11.4. The lowest BCUT2D eigenvalue weighted by atomic mass is 9.99. The molecular weight excluding hydrogens is 282 g/mol. The smallest absolute Gasteiger partial charge is 0.175 e. The van der Waals surface area contributed by atoms with E-state index in [1.54, 1.807) is 0 Å². The molecule has 2 aliphatic rings. The SMILES string of the molecule is Cc1c(C2CCCN2)cc2c(c1Br)OCCO2. The highest BCUT2D eigenvalue weighted by Gasteiger charge is 2.24. The minimum absolute atomic E-state index is 0.460. The van der Waals surface area contributed by atoms with Crippen molar-refractivity contribution >= 4 is 15.9 Å². The van der Waals surface area contributed by atoms with E-state index in [4.69, 9.17) is 9.47 Å². The van der Waals surface area contributed by atoms with Crippen LogP contribution < -0.4 is 14.8 Å². The highest BCUT2D eigenvalue weighted by atomic mass is 79.9. The van der Waals surface area contributed by atoms with E-state index < -0.39 is 0 Å². The highest BCUT2D eigenvalue weighted by Crippen LogP contribution is 2.43. The van der Waals surface area contributed by atoms with Crippen LogP contribution in [0, 0.1) is 6.92 Å². The molecule has 1 fully saturated rings. The van der Waals surface area contributed by atoms with Crippen molar-refractivity contribution in [2.45, 2.75) is 25.8 Å². The number of benzene rings is 1. The number of nitrogens with one attached hydrogen (secondary N) is 1. The molecule has 0 bridgehead atoms. The van der Waals surface area contributed by atoms with Gasteiger partial charge >= 0.3 is 0 Å². The summed E-state index contributed by atoms with van der Waals surface area (Å²) >= 11 is 3.63. The Kier molecular flexibility index (Phi) is 3.01. The molecule has 1 aromatic carbocycles. The van der Waals surface area contributed by atoms with Crippen LogP contribution in [0.2, 0.25) is 0 Å². The summed E-state index contributed by atoms with van der Waals surface area (Å²) in [6, 6.07) is 2.60. The van der Waals surface area contributed by atoms with Crippen LogP contribution in [-0.4, -0.2) is 19.8 Å². The summed E-state index contributed by atoms with van der Waals surface area (Å²) in [5, 5.41) is 3.53. The Hall–Kier alpha value is -0.740. The van der Waals surface area contributed by atoms with E-state index in [2.05, 4.69) is 34.2 Å². The molecule has 1 N–H and O–H groups in total. The number of hydrogen-bond donors (Lipinski definition) is 1. The molecule has 3 rings (SSSR count). The molecule has 2 heterocycles. The van der Waals surface area contributed by atoms with Gasteiger partial charge in [0.15, 0.2) is 11.5 Å². The molecule has 2 aliphatic heterocycles. The lowest BCUT2D eigenvalue weighted by Gasteiger charge is -2.24. The summed E-state index contributed by atoms with van der Waals surface area (Å²) in [7, 11) is 0. The van der Waals surface area contributed by atoms with Gasteiger partial charge in [-0.2, -0.15) is 0 Å². The van der Waals surface area contributed by atoms with E-state index >= 15 is 0 Å². The molecule has 1 saturated heterocycles. The first-order chi connectivity index (χ1) is 8.27. The fourth-order valence-electron chi connectivity index (χ4n) is 2.57. The second-order valence-electron chi connectivity index (χ2n) is 4.58. The van der Waals surface area contributed by atoms with Crippen molar-refractivity contribution < 1.29 is 9.47 Å². The van der Waals surface area contributed by atoms with Crippen LogP contribution in [0.25, 0.3) is 0 Å². The molecule has 0 radical (unpaired) electrons. The third-order valence-electron chi connectivity index (χ3n) is 3.50. The molecule has 0 saturated carbocycles. The van der Waals surface area contributed by atoms with Crippen molar-refractivity contribution in [3.8, 4) is 11.5 Å². The number of hydrogen-bond acceptors (Lipinski definition) is 3. The molecule has 0 aliphatic carbocycles. The summed E-state index contributed by atoms with van der Waals surface area (Å²) < 4.78 is 12.4. The monoisotopic (exact) mass is 297 g/mol. The van der Waals surface area contributed by atoms with Gasteiger partial charge in [-0.15, -0.1) is 0 Å². The quantitative estimate of drug-likeness (QED) is 0.864. The van der Waals surface area contributed by atoms with E-state index in [1.807, 2.05) is 0 Å². The zero-order chi connectivity index (χ0) is 11.8. The molecule has 4 heteroatoms. The summed E-state index contributed by atoms with van der Waals surface area (Å²) in [6.07, 6.45) is 2.45. The number of halogens is 1. The molecule has 0 amide bonds. The van der Waals surface area contributed by atoms with Gasteiger partial charge in [0.05, 0.1) is 4.47 Å². The Morgan fingerprint density at radius 1 is 1.35 bits per heavy atom. The third kappa shape index (κ3) is 1.93. The van der Waals surface area contributed by atoms with Gasteiger partial charge in [0.1, 0.15) is 13.2 Å². The van der Waals surface area contributed by atoms with Crippen molar-refractivity contribution in [2.24, 2.45) is 0 Å². The Labute approximate surface area is 110 Å². The second-order valence-corrected chi connectivity index (χ2v) is 5.37. The fourth-order valence-corrected chi connectivity index (χ4v) is 3.11. The molecule has 1 aromatic rings. The van der Waals surface area contributed by atoms with E-state index in [0.717, 1.165) is 22.5 Å². The molecule has 3 nitrogen and oxygen atoms in total. The molecule has 0 spiro atoms. The largest absolute Gasteiger partial charge is 0.486 e. The maximum Gasteiger partial charge on any atom is 0.175 e. The lowest BCUT2D eigenvalue weighted by molar-refractivity contribution is 0.170. The molecular formula is C13H16BrNO2. The van der Waals surface area contributed by atoms with Gasteiger partial charge in [-0.3, -0.25) is 0 Å². The summed E-state index contributed by atoms with van der Waals surface area (Å²) in [5.74, 6) is 1.73. The van der Waals surface area contributed by atoms with Crippen molar-refractivity contribution in [3.05, 3.63) is 21.7 Å². The maximum atomic E-state index is 5.68. The van der Waals surface area contributed by atoms with Crippen molar-refractivity contribution in [2.75, 3.05) is 19.8 Å². The Bertz CT molecular complexity index is 442. The number of ether oxygens (including phenoxy) is 2. The van der Waals surface area contributed by atoms with Crippen molar-refractivity contribution in [3.63, 3.8) is 0 Å². The van der Waals surface area contributed by atoms with E-state index in [9.17, 15) is 0 Å². The van der Waals surface area contributed by atoms with Crippen LogP contribution >= 0.6 is 15.9 Å². The van der Waals surface area contributed by atoms with E-state index in [1.165, 1.54) is 24.0 Å². The van der Waals surface area contributed by atoms with Gasteiger partial charge in [0.2, 0.25) is 0 Å². The Balaban J connectivity index is 2.06. The zero-order valence-corrected chi connectivity index (χ0v) is 11.5. The first-order valence-corrected chi connectivity index (χ1v) is 6.88. The summed E-state index contributed by atoms with van der Waals surface area (Å²) in [4.78, 5) is 0. The molecule has 0 aromatic heterocycles. The standard InChI is InChI=1S/C13H16BrNO2/c1-8-9(10-3-2-4-15-10)7-11-13(12(8)14)17-6-5-16-11/h7,10,15H,2-6H2,1H3. The van der Waals surface area contributed by atoms with Crippen LogP contribution in [0.1, 0.15) is 30.0 Å². The minimum atomic E-state index is 0.460. The molecule has 92 valence electrons. The number of rotatable bonds is 1. The van der Waals surface area contributed by atoms with Crippen LogP contribution in [0.3, 0.4) is 0 Å². The Morgan fingerprint density at radius 2 is 2.18 bits per heavy atom. The van der Waals surface area contributed by atoms with Gasteiger partial charge < -0.3 is 14.8 Å². The fraction of sp³-hybridized carbons (Fsp3) is 0.538. The minimum Gasteiger partial charge on any atom is -0.486 e. The predicted molar refractivity (Wildman–Crippen MR) is 69.8 cm³/mol. The molecule has 1 unspecified atom stereocenters. The van der Waals surface area contributed by atoms with Crippen molar-refractivity contribution in [1.29, 1.82) is 0 Å². The average molecular weight is 298 g/mol. The predicted octanol–water partition coefficient (Wildman–Crippen LogP) is 2.95.